The van der Waals surface area contributed by atoms with Crippen LogP contribution in [0.25, 0.3) is 0 Å². The first-order valence-corrected chi connectivity index (χ1v) is 11.2. The molecule has 2 atom stereocenters. The molecule has 0 aromatic rings. The number of morpholine rings is 1. The molecule has 3 aliphatic heterocycles. The van der Waals surface area contributed by atoms with E-state index in [0.717, 1.165) is 89.6 Å². The van der Waals surface area contributed by atoms with Gasteiger partial charge in [-0.05, 0) is 31.2 Å². The van der Waals surface area contributed by atoms with E-state index in [0.29, 0.717) is 0 Å². The van der Waals surface area contributed by atoms with Crippen LogP contribution in [0, 0.1) is 34.5 Å². The Bertz CT molecular complexity index is 619. The maximum atomic E-state index is 9.51. The van der Waals surface area contributed by atoms with Crippen molar-refractivity contribution in [2.24, 2.45) is 11.8 Å². The van der Waals surface area contributed by atoms with Gasteiger partial charge in [0.1, 0.15) is 18.0 Å². The molecule has 0 aliphatic carbocycles. The number of allylic oxidation sites excluding steroid dienone is 1. The summed E-state index contributed by atoms with van der Waals surface area (Å²) >= 11 is 0. The number of rotatable bonds is 7. The number of hydrogen-bond donors (Lipinski definition) is 0. The fourth-order valence-electron chi connectivity index (χ4n) is 5.08. The Balaban J connectivity index is 1.54. The van der Waals surface area contributed by atoms with Gasteiger partial charge in [-0.1, -0.05) is 13.8 Å². The predicted octanol–water partition coefficient (Wildman–Crippen LogP) is 1.56. The monoisotopic (exact) mass is 400 g/mol. The molecule has 3 aliphatic rings. The zero-order valence-corrected chi connectivity index (χ0v) is 18.1. The average molecular weight is 401 g/mol. The lowest BCUT2D eigenvalue weighted by molar-refractivity contribution is 0.0351. The maximum absolute atomic E-state index is 9.51. The first-order valence-electron chi connectivity index (χ1n) is 11.2. The highest BCUT2D eigenvalue weighted by Crippen LogP contribution is 2.24. The van der Waals surface area contributed by atoms with Crippen molar-refractivity contribution >= 4 is 0 Å². The standard InChI is InChI=1S/C22H36N6O/c1-19-14-20(2)18-26(17-19)4-3-5-27-8-9-28(22(27)21(15-23)16-24)7-6-25-10-12-29-13-11-25/h19-20H,3-14,17-18H2,1-2H3. The van der Waals surface area contributed by atoms with E-state index in [-0.39, 0.29) is 5.57 Å². The van der Waals surface area contributed by atoms with E-state index in [1.165, 1.54) is 19.5 Å². The minimum atomic E-state index is 0.254. The van der Waals surface area contributed by atoms with Crippen LogP contribution in [0.1, 0.15) is 26.7 Å². The molecule has 0 saturated carbocycles. The van der Waals surface area contributed by atoms with Crippen molar-refractivity contribution in [3.8, 4) is 12.1 Å². The number of likely N-dealkylation sites (tertiary alicyclic amines) is 1. The molecule has 3 saturated heterocycles. The normalized spacial score (nSPS) is 26.4. The molecule has 2 unspecified atom stereocenters. The Morgan fingerprint density at radius 2 is 1.48 bits per heavy atom. The molecule has 3 heterocycles. The third kappa shape index (κ3) is 6.09. The maximum Gasteiger partial charge on any atom is 0.169 e. The van der Waals surface area contributed by atoms with Gasteiger partial charge in [0.2, 0.25) is 0 Å². The first-order chi connectivity index (χ1) is 14.1. The average Bonchev–Trinajstić information content (AvgIpc) is 3.10. The second kappa shape index (κ2) is 10.8. The van der Waals surface area contributed by atoms with Crippen molar-refractivity contribution in [3.05, 3.63) is 11.4 Å². The van der Waals surface area contributed by atoms with E-state index >= 15 is 0 Å². The van der Waals surface area contributed by atoms with E-state index in [1.807, 2.05) is 0 Å². The molecule has 7 nitrogen and oxygen atoms in total. The van der Waals surface area contributed by atoms with Gasteiger partial charge < -0.3 is 19.4 Å². The summed E-state index contributed by atoms with van der Waals surface area (Å²) in [5.74, 6) is 2.41. The van der Waals surface area contributed by atoms with Gasteiger partial charge in [-0.15, -0.1) is 0 Å². The molecule has 3 fully saturated rings. The molecule has 0 aromatic carbocycles. The molecule has 3 rings (SSSR count). The van der Waals surface area contributed by atoms with Gasteiger partial charge in [0.15, 0.2) is 5.57 Å². The van der Waals surface area contributed by atoms with Gasteiger partial charge in [-0.25, -0.2) is 0 Å². The number of nitriles is 2. The number of nitrogens with zero attached hydrogens (tertiary/aromatic N) is 6. The van der Waals surface area contributed by atoms with Crippen LogP contribution in [-0.2, 0) is 4.74 Å². The molecule has 7 heteroatoms. The van der Waals surface area contributed by atoms with Gasteiger partial charge >= 0.3 is 0 Å². The Kier molecular flexibility index (Phi) is 8.18. The van der Waals surface area contributed by atoms with Crippen LogP contribution in [0.5, 0.6) is 0 Å². The van der Waals surface area contributed by atoms with Crippen LogP contribution in [0.2, 0.25) is 0 Å². The number of ether oxygens (including phenoxy) is 1. The highest BCUT2D eigenvalue weighted by Gasteiger charge is 2.29. The van der Waals surface area contributed by atoms with Crippen molar-refractivity contribution in [1.29, 1.82) is 10.5 Å². The van der Waals surface area contributed by atoms with Gasteiger partial charge in [-0.2, -0.15) is 10.5 Å². The van der Waals surface area contributed by atoms with Crippen molar-refractivity contribution in [1.82, 2.24) is 19.6 Å². The second-order valence-electron chi connectivity index (χ2n) is 8.91. The summed E-state index contributed by atoms with van der Waals surface area (Å²) in [5.41, 5.74) is 0.254. The van der Waals surface area contributed by atoms with Crippen molar-refractivity contribution < 1.29 is 4.74 Å². The number of piperidine rings is 1. The predicted molar refractivity (Wildman–Crippen MR) is 113 cm³/mol. The lowest BCUT2D eigenvalue weighted by Gasteiger charge is -2.35. The molecule has 0 amide bonds. The third-order valence-corrected chi connectivity index (χ3v) is 6.32. The highest BCUT2D eigenvalue weighted by molar-refractivity contribution is 5.40. The summed E-state index contributed by atoms with van der Waals surface area (Å²) in [6.45, 7) is 16.2. The van der Waals surface area contributed by atoms with Gasteiger partial charge in [-0.3, -0.25) is 4.90 Å². The number of hydrogen-bond acceptors (Lipinski definition) is 7. The van der Waals surface area contributed by atoms with Crippen molar-refractivity contribution in [2.45, 2.75) is 26.7 Å². The largest absolute Gasteiger partial charge is 0.379 e. The Hall–Kier alpha value is -1.80. The molecular formula is C22H36N6O. The van der Waals surface area contributed by atoms with E-state index < -0.39 is 0 Å². The molecule has 29 heavy (non-hydrogen) atoms. The second-order valence-corrected chi connectivity index (χ2v) is 8.91. The van der Waals surface area contributed by atoms with E-state index in [2.05, 4.69) is 45.6 Å². The molecule has 0 aromatic heterocycles. The van der Waals surface area contributed by atoms with Crippen molar-refractivity contribution in [2.75, 3.05) is 78.7 Å². The summed E-state index contributed by atoms with van der Waals surface area (Å²) < 4.78 is 5.43. The Labute approximate surface area is 176 Å². The third-order valence-electron chi connectivity index (χ3n) is 6.32. The highest BCUT2D eigenvalue weighted by atomic mass is 16.5. The van der Waals surface area contributed by atoms with E-state index in [4.69, 9.17) is 4.74 Å². The van der Waals surface area contributed by atoms with Crippen LogP contribution in [-0.4, -0.2) is 98.3 Å². The minimum Gasteiger partial charge on any atom is -0.379 e. The lowest BCUT2D eigenvalue weighted by Crippen LogP contribution is -2.41. The summed E-state index contributed by atoms with van der Waals surface area (Å²) in [4.78, 5) is 9.49. The Morgan fingerprint density at radius 3 is 2.10 bits per heavy atom. The smallest absolute Gasteiger partial charge is 0.169 e. The molecule has 0 spiro atoms. The summed E-state index contributed by atoms with van der Waals surface area (Å²) in [6, 6.07) is 4.27. The Morgan fingerprint density at radius 1 is 0.862 bits per heavy atom. The molecule has 0 bridgehead atoms. The fourth-order valence-corrected chi connectivity index (χ4v) is 5.08. The van der Waals surface area contributed by atoms with E-state index in [1.54, 1.807) is 0 Å². The van der Waals surface area contributed by atoms with Gasteiger partial charge in [0.25, 0.3) is 0 Å². The summed E-state index contributed by atoms with van der Waals surface area (Å²) in [7, 11) is 0. The van der Waals surface area contributed by atoms with Gasteiger partial charge in [0.05, 0.1) is 13.2 Å². The topological polar surface area (TPSA) is 69.8 Å². The zero-order chi connectivity index (χ0) is 20.6. The molecular weight excluding hydrogens is 364 g/mol. The van der Waals surface area contributed by atoms with Gasteiger partial charge in [0, 0.05) is 58.9 Å². The summed E-state index contributed by atoms with van der Waals surface area (Å²) in [5, 5.41) is 19.0. The lowest BCUT2D eigenvalue weighted by atomic mass is 9.92. The SMILES string of the molecule is CC1CC(C)CN(CCCN2CCN(CCN3CCOCC3)C2=C(C#N)C#N)C1. The van der Waals surface area contributed by atoms with Crippen LogP contribution >= 0.6 is 0 Å². The summed E-state index contributed by atoms with van der Waals surface area (Å²) in [6.07, 6.45) is 2.41. The fraction of sp³-hybridized carbons (Fsp3) is 0.818. The molecule has 0 N–H and O–H groups in total. The van der Waals surface area contributed by atoms with Crippen molar-refractivity contribution in [3.63, 3.8) is 0 Å². The van der Waals surface area contributed by atoms with Crippen LogP contribution < -0.4 is 0 Å². The molecule has 160 valence electrons. The zero-order valence-electron chi connectivity index (χ0n) is 18.1. The van der Waals surface area contributed by atoms with Crippen LogP contribution in [0.3, 0.4) is 0 Å². The van der Waals surface area contributed by atoms with Crippen LogP contribution in [0.4, 0.5) is 0 Å². The van der Waals surface area contributed by atoms with E-state index in [9.17, 15) is 10.5 Å². The molecule has 0 radical (unpaired) electrons. The van der Waals surface area contributed by atoms with Crippen LogP contribution in [0.15, 0.2) is 11.4 Å². The minimum absolute atomic E-state index is 0.254. The quantitative estimate of drug-likeness (QED) is 0.601. The first kappa shape index (κ1) is 21.9.